The molecule has 1 amide bonds. The van der Waals surface area contributed by atoms with Crippen LogP contribution >= 0.6 is 0 Å². The fourth-order valence-electron chi connectivity index (χ4n) is 1.42. The van der Waals surface area contributed by atoms with Gasteiger partial charge in [-0.3, -0.25) is 4.79 Å². The highest BCUT2D eigenvalue weighted by molar-refractivity contribution is 5.75. The highest BCUT2D eigenvalue weighted by Gasteiger charge is 1.96. The first-order valence-electron chi connectivity index (χ1n) is 6.33. The van der Waals surface area contributed by atoms with Gasteiger partial charge in [-0.15, -0.1) is 0 Å². The van der Waals surface area contributed by atoms with Crippen LogP contribution in [0, 0.1) is 0 Å². The van der Waals surface area contributed by atoms with Crippen molar-refractivity contribution in [3.63, 3.8) is 0 Å². The van der Waals surface area contributed by atoms with Crippen molar-refractivity contribution in [2.75, 3.05) is 13.2 Å². The Kier molecular flexibility index (Phi) is 11.6. The second-order valence-corrected chi connectivity index (χ2v) is 3.93. The minimum Gasteiger partial charge on any atom is -0.395 e. The lowest BCUT2D eigenvalue weighted by Gasteiger charge is -2.00. The van der Waals surface area contributed by atoms with Crippen molar-refractivity contribution < 1.29 is 9.90 Å². The molecule has 0 bridgehead atoms. The fraction of sp³-hybridized carbons (Fsp3) is 0.769. The Balaban J connectivity index is 3.23. The van der Waals surface area contributed by atoms with Gasteiger partial charge >= 0.3 is 0 Å². The molecule has 0 fully saturated rings. The normalized spacial score (nSPS) is 10.9. The van der Waals surface area contributed by atoms with Gasteiger partial charge in [0, 0.05) is 13.0 Å². The second kappa shape index (κ2) is 12.2. The van der Waals surface area contributed by atoms with E-state index in [9.17, 15) is 4.79 Å². The van der Waals surface area contributed by atoms with Crippen LogP contribution in [0.15, 0.2) is 12.2 Å². The Morgan fingerprint density at radius 3 is 2.62 bits per heavy atom. The molecule has 3 heteroatoms. The van der Waals surface area contributed by atoms with Gasteiger partial charge in [0.2, 0.25) is 5.91 Å². The zero-order valence-corrected chi connectivity index (χ0v) is 10.4. The molecule has 0 saturated carbocycles. The predicted molar refractivity (Wildman–Crippen MR) is 67.2 cm³/mol. The van der Waals surface area contributed by atoms with Crippen LogP contribution in [0.5, 0.6) is 0 Å². The van der Waals surface area contributed by atoms with Gasteiger partial charge in [-0.25, -0.2) is 0 Å². The van der Waals surface area contributed by atoms with Gasteiger partial charge in [0.15, 0.2) is 0 Å². The Bertz CT molecular complexity index is 190. The number of unbranched alkanes of at least 4 members (excludes halogenated alkanes) is 4. The molecule has 16 heavy (non-hydrogen) atoms. The number of hydrogen-bond donors (Lipinski definition) is 2. The van der Waals surface area contributed by atoms with Crippen LogP contribution in [0.3, 0.4) is 0 Å². The number of rotatable bonds is 10. The summed E-state index contributed by atoms with van der Waals surface area (Å²) in [6, 6.07) is 0. The first-order chi connectivity index (χ1) is 7.81. The Morgan fingerprint density at radius 1 is 1.19 bits per heavy atom. The molecular weight excluding hydrogens is 202 g/mol. The summed E-state index contributed by atoms with van der Waals surface area (Å²) in [5.41, 5.74) is 0. The van der Waals surface area contributed by atoms with Gasteiger partial charge in [0.25, 0.3) is 0 Å². The number of allylic oxidation sites excluding steroid dienone is 2. The average molecular weight is 227 g/mol. The summed E-state index contributed by atoms with van der Waals surface area (Å²) in [5, 5.41) is 11.1. The van der Waals surface area contributed by atoms with Gasteiger partial charge in [-0.1, -0.05) is 38.3 Å². The highest BCUT2D eigenvalue weighted by atomic mass is 16.3. The number of aliphatic hydroxyl groups excluding tert-OH is 1. The van der Waals surface area contributed by atoms with Crippen LogP contribution in [0.4, 0.5) is 0 Å². The lowest BCUT2D eigenvalue weighted by Crippen LogP contribution is -2.25. The summed E-state index contributed by atoms with van der Waals surface area (Å²) in [7, 11) is 0. The monoisotopic (exact) mass is 227 g/mol. The van der Waals surface area contributed by atoms with E-state index in [2.05, 4.69) is 24.4 Å². The van der Waals surface area contributed by atoms with Gasteiger partial charge in [0.05, 0.1) is 6.61 Å². The lowest BCUT2D eigenvalue weighted by molar-refractivity contribution is -0.121. The van der Waals surface area contributed by atoms with Crippen molar-refractivity contribution in [3.8, 4) is 0 Å². The summed E-state index contributed by atoms with van der Waals surface area (Å²) >= 11 is 0. The Labute approximate surface area is 98.9 Å². The zero-order valence-electron chi connectivity index (χ0n) is 10.4. The van der Waals surface area contributed by atoms with Crippen LogP contribution in [0.25, 0.3) is 0 Å². The molecule has 0 rings (SSSR count). The van der Waals surface area contributed by atoms with Gasteiger partial charge in [-0.05, 0) is 19.3 Å². The van der Waals surface area contributed by atoms with Gasteiger partial charge in [0.1, 0.15) is 0 Å². The van der Waals surface area contributed by atoms with E-state index >= 15 is 0 Å². The number of carbonyl (C=O) groups is 1. The third-order valence-corrected chi connectivity index (χ3v) is 2.36. The van der Waals surface area contributed by atoms with E-state index < -0.39 is 0 Å². The third kappa shape index (κ3) is 11.2. The fourth-order valence-corrected chi connectivity index (χ4v) is 1.42. The standard InChI is InChI=1S/C13H25NO2/c1-2-3-4-5-6-7-8-9-10-13(16)14-11-12-15/h7-8,15H,2-6,9-12H2,1H3,(H,14,16)/b8-7+. The lowest BCUT2D eigenvalue weighted by atomic mass is 10.1. The first kappa shape index (κ1) is 15.2. The molecule has 0 heterocycles. The minimum atomic E-state index is 0.0129. The summed E-state index contributed by atoms with van der Waals surface area (Å²) < 4.78 is 0. The van der Waals surface area contributed by atoms with Crippen molar-refractivity contribution in [2.24, 2.45) is 0 Å². The van der Waals surface area contributed by atoms with E-state index in [1.54, 1.807) is 0 Å². The molecule has 94 valence electrons. The molecule has 0 saturated heterocycles. The van der Waals surface area contributed by atoms with Crippen LogP contribution in [-0.2, 0) is 4.79 Å². The Hall–Kier alpha value is -0.830. The second-order valence-electron chi connectivity index (χ2n) is 3.93. The van der Waals surface area contributed by atoms with E-state index in [-0.39, 0.29) is 12.5 Å². The maximum Gasteiger partial charge on any atom is 0.220 e. The molecular formula is C13H25NO2. The average Bonchev–Trinajstić information content (AvgIpc) is 2.30. The SMILES string of the molecule is CCCCCC/C=C/CCC(=O)NCCO. The molecule has 0 atom stereocenters. The van der Waals surface area contributed by atoms with Crippen molar-refractivity contribution in [1.82, 2.24) is 5.32 Å². The molecule has 0 unspecified atom stereocenters. The van der Waals surface area contributed by atoms with Crippen LogP contribution in [-0.4, -0.2) is 24.2 Å². The number of carbonyl (C=O) groups excluding carboxylic acids is 1. The molecule has 0 aromatic heterocycles. The molecule has 0 radical (unpaired) electrons. The summed E-state index contributed by atoms with van der Waals surface area (Å²) in [5.74, 6) is 0.0182. The van der Waals surface area contributed by atoms with Crippen molar-refractivity contribution >= 4 is 5.91 Å². The maximum atomic E-state index is 11.1. The van der Waals surface area contributed by atoms with E-state index in [1.165, 1.54) is 25.7 Å². The Morgan fingerprint density at radius 2 is 1.94 bits per heavy atom. The molecule has 0 aliphatic heterocycles. The topological polar surface area (TPSA) is 49.3 Å². The quantitative estimate of drug-likeness (QED) is 0.445. The number of hydrogen-bond acceptors (Lipinski definition) is 2. The van der Waals surface area contributed by atoms with Crippen LogP contribution in [0.2, 0.25) is 0 Å². The van der Waals surface area contributed by atoms with Gasteiger partial charge < -0.3 is 10.4 Å². The largest absolute Gasteiger partial charge is 0.395 e. The van der Waals surface area contributed by atoms with E-state index in [1.807, 2.05) is 0 Å². The number of aliphatic hydroxyl groups is 1. The number of nitrogens with one attached hydrogen (secondary N) is 1. The van der Waals surface area contributed by atoms with E-state index in [4.69, 9.17) is 5.11 Å². The number of amides is 1. The minimum absolute atomic E-state index is 0.0129. The summed E-state index contributed by atoms with van der Waals surface area (Å²) in [6.45, 7) is 2.58. The van der Waals surface area contributed by atoms with Crippen LogP contribution in [0.1, 0.15) is 51.9 Å². The van der Waals surface area contributed by atoms with Crippen molar-refractivity contribution in [1.29, 1.82) is 0 Å². The summed E-state index contributed by atoms with van der Waals surface area (Å²) in [6.07, 6.45) is 11.8. The highest BCUT2D eigenvalue weighted by Crippen LogP contribution is 2.03. The molecule has 0 aromatic carbocycles. The maximum absolute atomic E-state index is 11.1. The smallest absolute Gasteiger partial charge is 0.220 e. The predicted octanol–water partition coefficient (Wildman–Crippen LogP) is 2.40. The molecule has 0 spiro atoms. The van der Waals surface area contributed by atoms with Crippen molar-refractivity contribution in [2.45, 2.75) is 51.9 Å². The van der Waals surface area contributed by atoms with E-state index in [0.29, 0.717) is 13.0 Å². The first-order valence-corrected chi connectivity index (χ1v) is 6.33. The summed E-state index contributed by atoms with van der Waals surface area (Å²) in [4.78, 5) is 11.1. The molecule has 0 aliphatic rings. The van der Waals surface area contributed by atoms with Gasteiger partial charge in [-0.2, -0.15) is 0 Å². The molecule has 3 nitrogen and oxygen atoms in total. The van der Waals surface area contributed by atoms with E-state index in [0.717, 1.165) is 12.8 Å². The van der Waals surface area contributed by atoms with Crippen molar-refractivity contribution in [3.05, 3.63) is 12.2 Å². The molecule has 0 aromatic rings. The molecule has 0 aliphatic carbocycles. The molecule has 2 N–H and O–H groups in total. The zero-order chi connectivity index (χ0) is 12.1. The third-order valence-electron chi connectivity index (χ3n) is 2.36. The van der Waals surface area contributed by atoms with Crippen LogP contribution < -0.4 is 5.32 Å².